The zero-order valence-corrected chi connectivity index (χ0v) is 22.5. The number of hydrogen-bond donors (Lipinski definition) is 1. The van der Waals surface area contributed by atoms with Crippen LogP contribution in [0, 0.1) is 5.41 Å². The first-order chi connectivity index (χ1) is 16.2. The van der Waals surface area contributed by atoms with Crippen molar-refractivity contribution in [2.75, 3.05) is 31.4 Å². The van der Waals surface area contributed by atoms with Crippen molar-refractivity contribution in [2.45, 2.75) is 87.2 Å². The lowest BCUT2D eigenvalue weighted by molar-refractivity contribution is -0.148. The van der Waals surface area contributed by atoms with E-state index in [9.17, 15) is 27.1 Å². The highest BCUT2D eigenvalue weighted by molar-refractivity contribution is 7.98. The number of nitrogens with zero attached hydrogens (tertiary/aromatic N) is 3. The third-order valence-electron chi connectivity index (χ3n) is 6.79. The van der Waals surface area contributed by atoms with Crippen LogP contribution in [0.1, 0.15) is 59.3 Å². The van der Waals surface area contributed by atoms with Crippen molar-refractivity contribution in [3.8, 4) is 5.75 Å². The van der Waals surface area contributed by atoms with Crippen molar-refractivity contribution in [3.05, 3.63) is 6.07 Å². The normalized spacial score (nSPS) is 21.6. The Morgan fingerprint density at radius 3 is 2.46 bits per heavy atom. The summed E-state index contributed by atoms with van der Waals surface area (Å²) < 4.78 is 61.8. The Morgan fingerprint density at radius 2 is 1.91 bits per heavy atom. The number of hydrogen-bond acceptors (Lipinski definition) is 7. The van der Waals surface area contributed by atoms with Gasteiger partial charge in [-0.25, -0.2) is 22.2 Å². The summed E-state index contributed by atoms with van der Waals surface area (Å²) in [5.74, 6) is -3.44. The Morgan fingerprint density at radius 1 is 1.29 bits per heavy atom. The van der Waals surface area contributed by atoms with E-state index in [0.29, 0.717) is 10.8 Å². The van der Waals surface area contributed by atoms with Gasteiger partial charge in [-0.1, -0.05) is 12.8 Å². The Hall–Kier alpha value is -1.66. The summed E-state index contributed by atoms with van der Waals surface area (Å²) >= 11 is 1.28. The number of aromatic nitrogens is 1. The molecule has 8 nitrogen and oxygen atoms in total. The van der Waals surface area contributed by atoms with Crippen LogP contribution < -0.4 is 9.64 Å². The second kappa shape index (κ2) is 10.4. The van der Waals surface area contributed by atoms with Gasteiger partial charge in [-0.15, -0.1) is 11.8 Å². The van der Waals surface area contributed by atoms with E-state index < -0.39 is 39.8 Å². The third-order valence-corrected chi connectivity index (χ3v) is 9.39. The largest absolute Gasteiger partial charge is 0.490 e. The van der Waals surface area contributed by atoms with Crippen LogP contribution in [0.15, 0.2) is 16.0 Å². The molecule has 12 heteroatoms. The summed E-state index contributed by atoms with van der Waals surface area (Å²) in [6.07, 6.45) is 5.15. The lowest BCUT2D eigenvalue weighted by Gasteiger charge is -2.33. The molecule has 0 bridgehead atoms. The van der Waals surface area contributed by atoms with Gasteiger partial charge >= 0.3 is 5.97 Å². The van der Waals surface area contributed by atoms with Gasteiger partial charge in [0, 0.05) is 38.2 Å². The van der Waals surface area contributed by atoms with Gasteiger partial charge in [-0.3, -0.25) is 4.79 Å². The van der Waals surface area contributed by atoms with Gasteiger partial charge in [0.05, 0.1) is 5.41 Å². The maximum absolute atomic E-state index is 13.7. The second-order valence-electron chi connectivity index (χ2n) is 10.2. The lowest BCUT2D eigenvalue weighted by atomic mass is 9.95. The molecule has 1 aliphatic carbocycles. The monoisotopic (exact) mass is 535 g/mol. The lowest BCUT2D eigenvalue weighted by Crippen LogP contribution is -2.45. The van der Waals surface area contributed by atoms with Crippen LogP contribution in [0.25, 0.3) is 0 Å². The van der Waals surface area contributed by atoms with E-state index in [1.807, 2.05) is 4.90 Å². The van der Waals surface area contributed by atoms with E-state index >= 15 is 0 Å². The number of anilines is 1. The molecule has 1 saturated carbocycles. The molecule has 0 radical (unpaired) electrons. The summed E-state index contributed by atoms with van der Waals surface area (Å²) in [6.45, 7) is 3.98. The van der Waals surface area contributed by atoms with Crippen LogP contribution in [-0.4, -0.2) is 73.2 Å². The number of pyridine rings is 1. The van der Waals surface area contributed by atoms with Crippen LogP contribution in [-0.2, 0) is 14.8 Å². The molecule has 2 heterocycles. The first-order valence-corrected chi connectivity index (χ1v) is 14.4. The number of fused-ring (bicyclic) bond motifs is 1. The summed E-state index contributed by atoms with van der Waals surface area (Å²) in [6, 6.07) is 0.838. The van der Waals surface area contributed by atoms with Gasteiger partial charge in [-0.05, 0) is 46.3 Å². The van der Waals surface area contributed by atoms with E-state index in [0.717, 1.165) is 32.6 Å². The second-order valence-corrected chi connectivity index (χ2v) is 12.9. The average Bonchev–Trinajstić information content (AvgIpc) is 3.28. The van der Waals surface area contributed by atoms with Crippen LogP contribution in [0.2, 0.25) is 0 Å². The van der Waals surface area contributed by atoms with Crippen molar-refractivity contribution >= 4 is 33.6 Å². The van der Waals surface area contributed by atoms with Gasteiger partial charge in [0.15, 0.2) is 11.6 Å². The molecule has 0 spiro atoms. The number of halogens is 2. The molecule has 0 unspecified atom stereocenters. The highest BCUT2D eigenvalue weighted by Crippen LogP contribution is 2.41. The molecule has 1 aliphatic heterocycles. The van der Waals surface area contributed by atoms with Crippen molar-refractivity contribution in [1.82, 2.24) is 9.29 Å². The number of sulfonamides is 1. The molecule has 1 aromatic rings. The summed E-state index contributed by atoms with van der Waals surface area (Å²) in [5, 5.41) is 9.87. The van der Waals surface area contributed by atoms with Gasteiger partial charge in [0.2, 0.25) is 15.9 Å². The smallest absolute Gasteiger partial charge is 0.312 e. The van der Waals surface area contributed by atoms with E-state index in [1.165, 1.54) is 43.0 Å². The minimum atomic E-state index is -4.08. The quantitative estimate of drug-likeness (QED) is 0.462. The van der Waals surface area contributed by atoms with Crippen LogP contribution in [0.5, 0.6) is 5.75 Å². The highest BCUT2D eigenvalue weighted by Gasteiger charge is 2.42. The minimum Gasteiger partial charge on any atom is -0.490 e. The molecular formula is C23H35F2N3O5S2. The van der Waals surface area contributed by atoms with Gasteiger partial charge in [-0.2, -0.15) is 4.31 Å². The maximum Gasteiger partial charge on any atom is 0.312 e. The number of rotatable bonds is 9. The zero-order chi connectivity index (χ0) is 26.2. The van der Waals surface area contributed by atoms with Gasteiger partial charge in [0.25, 0.3) is 0 Å². The number of ether oxygens (including phenoxy) is 1. The van der Waals surface area contributed by atoms with Crippen LogP contribution in [0.4, 0.5) is 14.6 Å². The number of alkyl halides is 2. The molecule has 1 aromatic heterocycles. The third kappa shape index (κ3) is 6.19. The van der Waals surface area contributed by atoms with E-state index in [-0.39, 0.29) is 36.3 Å². The van der Waals surface area contributed by atoms with E-state index in [1.54, 1.807) is 6.26 Å². The molecule has 1 atom stereocenters. The molecule has 0 amide bonds. The number of carboxylic acids is 1. The van der Waals surface area contributed by atoms with Crippen molar-refractivity contribution in [3.63, 3.8) is 0 Å². The first-order valence-electron chi connectivity index (χ1n) is 11.7. The number of carboxylic acid groups (broad SMARTS) is 1. The number of thioether (sulfide) groups is 1. The van der Waals surface area contributed by atoms with Gasteiger partial charge in [0.1, 0.15) is 16.5 Å². The number of carbonyl (C=O) groups is 1. The molecular weight excluding hydrogens is 500 g/mol. The SMILES string of the molecule is CSc1nc2c(cc1OCC(C)(C)C(=O)O)S(=O)(=O)N(C)[C@H](CCC(C)(F)F)CN2C1CCCC1. The molecule has 3 rings (SSSR count). The molecule has 1 fully saturated rings. The zero-order valence-electron chi connectivity index (χ0n) is 20.9. The Bertz CT molecular complexity index is 1040. The predicted molar refractivity (Wildman–Crippen MR) is 131 cm³/mol. The van der Waals surface area contributed by atoms with E-state index in [2.05, 4.69) is 0 Å². The Balaban J connectivity index is 2.09. The first kappa shape index (κ1) is 27.9. The number of likely N-dealkylation sites (N-methyl/N-ethyl adjacent to an activating group) is 1. The standard InChI is InChI=1S/C23H35F2N3O5S2/c1-22(2,21(29)30)14-33-17-12-18-19(26-20(17)34-5)28(15-8-6-7-9-15)13-16(10-11-23(3,24)25)27(4)35(18,31)32/h12,15-16H,6-11,13-14H2,1-5H3,(H,29,30)/t16-/m1/s1. The summed E-state index contributed by atoms with van der Waals surface area (Å²) in [7, 11) is -2.65. The van der Waals surface area contributed by atoms with E-state index in [4.69, 9.17) is 9.72 Å². The minimum absolute atomic E-state index is 0.0159. The van der Waals surface area contributed by atoms with Crippen molar-refractivity contribution < 1.29 is 31.8 Å². The van der Waals surface area contributed by atoms with Crippen LogP contribution >= 0.6 is 11.8 Å². The van der Waals surface area contributed by atoms with Gasteiger partial charge < -0.3 is 14.7 Å². The summed E-state index contributed by atoms with van der Waals surface area (Å²) in [5.41, 5.74) is -1.19. The Kier molecular flexibility index (Phi) is 8.27. The maximum atomic E-state index is 13.7. The van der Waals surface area contributed by atoms with Crippen molar-refractivity contribution in [2.24, 2.45) is 5.41 Å². The molecule has 2 aliphatic rings. The molecule has 0 saturated heterocycles. The molecule has 198 valence electrons. The molecule has 1 N–H and O–H groups in total. The fourth-order valence-electron chi connectivity index (χ4n) is 4.43. The average molecular weight is 536 g/mol. The highest BCUT2D eigenvalue weighted by atomic mass is 32.2. The van der Waals surface area contributed by atoms with Crippen molar-refractivity contribution in [1.29, 1.82) is 0 Å². The fourth-order valence-corrected chi connectivity index (χ4v) is 6.45. The fraction of sp³-hybridized carbons (Fsp3) is 0.739. The number of aliphatic carboxylic acids is 1. The topological polar surface area (TPSA) is 100 Å². The Labute approximate surface area is 210 Å². The molecule has 35 heavy (non-hydrogen) atoms. The summed E-state index contributed by atoms with van der Waals surface area (Å²) in [4.78, 5) is 18.2. The molecule has 0 aromatic carbocycles. The van der Waals surface area contributed by atoms with Crippen LogP contribution in [0.3, 0.4) is 0 Å². The predicted octanol–water partition coefficient (Wildman–Crippen LogP) is 4.48.